The second kappa shape index (κ2) is 10.1. The summed E-state index contributed by atoms with van der Waals surface area (Å²) in [6.07, 6.45) is 8.36. The van der Waals surface area contributed by atoms with Crippen LogP contribution in [-0.4, -0.2) is 61.8 Å². The zero-order valence-electron chi connectivity index (χ0n) is 21.9. The number of aliphatic hydroxyl groups is 2. The lowest BCUT2D eigenvalue weighted by molar-refractivity contribution is 0.0532. The molecule has 1 aromatic carbocycles. The first-order chi connectivity index (χ1) is 17.7. The van der Waals surface area contributed by atoms with Crippen LogP contribution in [0.25, 0.3) is 22.2 Å². The molecule has 3 aromatic rings. The Morgan fingerprint density at radius 1 is 1.14 bits per heavy atom. The molecule has 1 atom stereocenters. The van der Waals surface area contributed by atoms with E-state index in [-0.39, 0.29) is 12.1 Å². The Kier molecular flexibility index (Phi) is 6.92. The highest BCUT2D eigenvalue weighted by Gasteiger charge is 2.28. The van der Waals surface area contributed by atoms with Crippen molar-refractivity contribution in [3.63, 3.8) is 0 Å². The van der Waals surface area contributed by atoms with Crippen molar-refractivity contribution in [3.05, 3.63) is 54.2 Å². The van der Waals surface area contributed by atoms with Gasteiger partial charge in [0.15, 0.2) is 6.23 Å². The van der Waals surface area contributed by atoms with Gasteiger partial charge in [0.2, 0.25) is 5.90 Å². The second-order valence-corrected chi connectivity index (χ2v) is 10.4. The summed E-state index contributed by atoms with van der Waals surface area (Å²) in [6, 6.07) is 10.3. The first kappa shape index (κ1) is 25.2. The van der Waals surface area contributed by atoms with Gasteiger partial charge in [0, 0.05) is 42.9 Å². The van der Waals surface area contributed by atoms with Crippen molar-refractivity contribution >= 4 is 22.6 Å². The molecule has 3 N–H and O–H groups in total. The lowest BCUT2D eigenvalue weighted by atomic mass is 9.93. The number of hydrazone groups is 1. The van der Waals surface area contributed by atoms with Crippen molar-refractivity contribution in [2.45, 2.75) is 70.4 Å². The Morgan fingerprint density at radius 3 is 2.51 bits per heavy atom. The van der Waals surface area contributed by atoms with E-state index in [0.717, 1.165) is 65.8 Å². The van der Waals surface area contributed by atoms with Crippen LogP contribution in [0, 0.1) is 0 Å². The average molecular weight is 505 g/mol. The largest absolute Gasteiger partial charge is 0.473 e. The Balaban J connectivity index is 1.40. The minimum absolute atomic E-state index is 0.0814. The minimum Gasteiger partial charge on any atom is -0.473 e. The second-order valence-electron chi connectivity index (χ2n) is 10.4. The van der Waals surface area contributed by atoms with Crippen molar-refractivity contribution in [2.24, 2.45) is 5.10 Å². The number of hydrogen-bond donors (Lipinski definition) is 3. The fraction of sp³-hybridized carbons (Fsp3) is 0.464. The van der Waals surface area contributed by atoms with E-state index in [2.05, 4.69) is 33.1 Å². The highest BCUT2D eigenvalue weighted by molar-refractivity contribution is 5.94. The fourth-order valence-electron chi connectivity index (χ4n) is 5.02. The van der Waals surface area contributed by atoms with Gasteiger partial charge in [0.1, 0.15) is 17.6 Å². The third kappa shape index (κ3) is 5.33. The number of aliphatic hydroxyl groups excluding tert-OH is 1. The lowest BCUT2D eigenvalue weighted by Crippen LogP contribution is -2.32. The number of hydrogen-bond acceptors (Lipinski definition) is 8. The number of fused-ring (bicyclic) bond motifs is 1. The molecule has 0 spiro atoms. The van der Waals surface area contributed by atoms with Crippen molar-refractivity contribution in [1.29, 1.82) is 0 Å². The van der Waals surface area contributed by atoms with Crippen LogP contribution in [-0.2, 0) is 10.3 Å². The Labute approximate surface area is 217 Å². The number of ether oxygens (including phenoxy) is 1. The highest BCUT2D eigenvalue weighted by atomic mass is 16.5. The van der Waals surface area contributed by atoms with Crippen molar-refractivity contribution in [2.75, 3.05) is 18.9 Å². The molecule has 9 nitrogen and oxygen atoms in total. The minimum atomic E-state index is -0.892. The third-order valence-corrected chi connectivity index (χ3v) is 7.14. The summed E-state index contributed by atoms with van der Waals surface area (Å²) in [6.45, 7) is 6.43. The third-order valence-electron chi connectivity index (χ3n) is 7.14. The standard InChI is InChI=1S/C28H36N6O3/c1-5-29-24-16-23-22(17-30-24)27(18-6-8-19(9-7-18)28(2,3)36)32-34(23)20-10-12-21(13-11-20)37-25-14-15-26(35)33(4)31-25/h6-9,14-17,20-21,26,35-36H,5,10-13H2,1-4H3,(H,29,30)/t20-,21+,26?. The smallest absolute Gasteiger partial charge is 0.230 e. The molecule has 37 heavy (non-hydrogen) atoms. The predicted molar refractivity (Wildman–Crippen MR) is 145 cm³/mol. The Hall–Kier alpha value is -3.43. The van der Waals surface area contributed by atoms with E-state index in [1.165, 1.54) is 5.01 Å². The van der Waals surface area contributed by atoms with Crippen LogP contribution >= 0.6 is 0 Å². The summed E-state index contributed by atoms with van der Waals surface area (Å²) in [4.78, 5) is 4.62. The van der Waals surface area contributed by atoms with E-state index in [1.54, 1.807) is 33.0 Å². The molecular formula is C28H36N6O3. The van der Waals surface area contributed by atoms with Gasteiger partial charge >= 0.3 is 0 Å². The lowest BCUT2D eigenvalue weighted by Gasteiger charge is -2.30. The maximum Gasteiger partial charge on any atom is 0.230 e. The Bertz CT molecular complexity index is 1300. The molecule has 0 amide bonds. The summed E-state index contributed by atoms with van der Waals surface area (Å²) in [5, 5.41) is 35.4. The SMILES string of the molecule is CCNc1cc2c(cn1)c(-c1ccc(C(C)(C)O)cc1)nn2[C@H]1CC[C@@H](OC2=NN(C)C(O)C=C2)CC1. The van der Waals surface area contributed by atoms with Gasteiger partial charge in [-0.05, 0) is 58.1 Å². The molecule has 1 unspecified atom stereocenters. The number of anilines is 1. The monoisotopic (exact) mass is 504 g/mol. The van der Waals surface area contributed by atoms with E-state index in [4.69, 9.17) is 9.84 Å². The number of benzene rings is 1. The van der Waals surface area contributed by atoms with Crippen molar-refractivity contribution < 1.29 is 14.9 Å². The highest BCUT2D eigenvalue weighted by Crippen LogP contribution is 2.37. The molecule has 0 bridgehead atoms. The summed E-state index contributed by atoms with van der Waals surface area (Å²) >= 11 is 0. The summed E-state index contributed by atoms with van der Waals surface area (Å²) in [5.74, 6) is 1.38. The first-order valence-electron chi connectivity index (χ1n) is 13.0. The quantitative estimate of drug-likeness (QED) is 0.457. The molecule has 1 aliphatic heterocycles. The van der Waals surface area contributed by atoms with Crippen LogP contribution in [0.3, 0.4) is 0 Å². The van der Waals surface area contributed by atoms with E-state index >= 15 is 0 Å². The van der Waals surface area contributed by atoms with Crippen LogP contribution in [0.2, 0.25) is 0 Å². The zero-order valence-corrected chi connectivity index (χ0v) is 21.9. The molecular weight excluding hydrogens is 468 g/mol. The average Bonchev–Trinajstić information content (AvgIpc) is 3.25. The molecule has 0 saturated heterocycles. The molecule has 1 aliphatic carbocycles. The van der Waals surface area contributed by atoms with Gasteiger partial charge < -0.3 is 20.3 Å². The van der Waals surface area contributed by atoms with Gasteiger partial charge in [-0.25, -0.2) is 4.98 Å². The van der Waals surface area contributed by atoms with E-state index in [9.17, 15) is 10.2 Å². The van der Waals surface area contributed by atoms with Crippen LogP contribution < -0.4 is 5.32 Å². The van der Waals surface area contributed by atoms with Gasteiger partial charge in [-0.15, -0.1) is 5.10 Å². The van der Waals surface area contributed by atoms with Crippen LogP contribution in [0.1, 0.15) is 58.1 Å². The summed E-state index contributed by atoms with van der Waals surface area (Å²) in [7, 11) is 1.73. The van der Waals surface area contributed by atoms with Gasteiger partial charge in [-0.2, -0.15) is 5.10 Å². The number of pyridine rings is 1. The molecule has 196 valence electrons. The van der Waals surface area contributed by atoms with Gasteiger partial charge in [-0.1, -0.05) is 24.3 Å². The molecule has 1 fully saturated rings. The van der Waals surface area contributed by atoms with E-state index in [0.29, 0.717) is 5.90 Å². The molecule has 2 aromatic heterocycles. The number of nitrogens with one attached hydrogen (secondary N) is 1. The van der Waals surface area contributed by atoms with Crippen LogP contribution in [0.15, 0.2) is 53.8 Å². The molecule has 9 heteroatoms. The van der Waals surface area contributed by atoms with Crippen LogP contribution in [0.5, 0.6) is 0 Å². The molecule has 5 rings (SSSR count). The molecule has 2 aliphatic rings. The van der Waals surface area contributed by atoms with Crippen molar-refractivity contribution in [3.8, 4) is 11.3 Å². The number of nitrogens with zero attached hydrogens (tertiary/aromatic N) is 5. The number of aromatic nitrogens is 3. The molecule has 0 radical (unpaired) electrons. The van der Waals surface area contributed by atoms with Gasteiger partial charge in [0.05, 0.1) is 17.2 Å². The maximum atomic E-state index is 10.4. The number of likely N-dealkylation sites (N-methyl/N-ethyl adjacent to an activating group) is 1. The molecule has 3 heterocycles. The van der Waals surface area contributed by atoms with E-state index < -0.39 is 11.8 Å². The fourth-order valence-corrected chi connectivity index (χ4v) is 5.02. The molecule has 1 saturated carbocycles. The summed E-state index contributed by atoms with van der Waals surface area (Å²) in [5.41, 5.74) is 2.93. The first-order valence-corrected chi connectivity index (χ1v) is 13.0. The summed E-state index contributed by atoms with van der Waals surface area (Å²) < 4.78 is 8.29. The van der Waals surface area contributed by atoms with Crippen molar-refractivity contribution in [1.82, 2.24) is 19.8 Å². The normalized spacial score (nSPS) is 22.3. The predicted octanol–water partition coefficient (Wildman–Crippen LogP) is 4.39. The Morgan fingerprint density at radius 2 is 1.86 bits per heavy atom. The zero-order chi connectivity index (χ0) is 26.2. The van der Waals surface area contributed by atoms with E-state index in [1.807, 2.05) is 30.5 Å². The number of rotatable bonds is 6. The topological polar surface area (TPSA) is 108 Å². The maximum absolute atomic E-state index is 10.4. The van der Waals surface area contributed by atoms with Gasteiger partial charge in [-0.3, -0.25) is 9.69 Å². The van der Waals surface area contributed by atoms with Gasteiger partial charge in [0.25, 0.3) is 0 Å². The van der Waals surface area contributed by atoms with Crippen LogP contribution in [0.4, 0.5) is 5.82 Å².